The number of nitro groups is 1. The largest absolute Gasteiger partial charge is 0.496 e. The van der Waals surface area contributed by atoms with E-state index in [1.807, 2.05) is 0 Å². The van der Waals surface area contributed by atoms with Crippen molar-refractivity contribution in [2.75, 3.05) is 12.4 Å². The van der Waals surface area contributed by atoms with Gasteiger partial charge in [-0.25, -0.2) is 8.78 Å². The smallest absolute Gasteiger partial charge is 0.272 e. The van der Waals surface area contributed by atoms with Gasteiger partial charge in [-0.2, -0.15) is 0 Å². The van der Waals surface area contributed by atoms with Gasteiger partial charge < -0.3 is 10.1 Å². The molecule has 0 radical (unpaired) electrons. The number of carbonyl (C=O) groups is 1. The molecular formula is C14H10F2N2O4. The molecule has 0 bridgehead atoms. The van der Waals surface area contributed by atoms with Crippen molar-refractivity contribution >= 4 is 17.3 Å². The predicted molar refractivity (Wildman–Crippen MR) is 74.0 cm³/mol. The molecule has 1 N–H and O–H groups in total. The Morgan fingerprint density at radius 2 is 1.95 bits per heavy atom. The summed E-state index contributed by atoms with van der Waals surface area (Å²) in [4.78, 5) is 21.8. The molecule has 8 heteroatoms. The molecule has 0 aliphatic heterocycles. The van der Waals surface area contributed by atoms with Gasteiger partial charge in [-0.1, -0.05) is 0 Å². The molecule has 114 valence electrons. The number of non-ortho nitro benzene ring substituents is 1. The van der Waals surface area contributed by atoms with E-state index in [1.165, 1.54) is 13.2 Å². The highest BCUT2D eigenvalue weighted by Crippen LogP contribution is 2.24. The monoisotopic (exact) mass is 308 g/mol. The van der Waals surface area contributed by atoms with Gasteiger partial charge in [-0.15, -0.1) is 0 Å². The van der Waals surface area contributed by atoms with E-state index in [1.54, 1.807) is 0 Å². The molecule has 2 aromatic rings. The van der Waals surface area contributed by atoms with Crippen molar-refractivity contribution in [3.05, 3.63) is 63.7 Å². The summed E-state index contributed by atoms with van der Waals surface area (Å²) < 4.78 is 31.9. The second kappa shape index (κ2) is 6.17. The van der Waals surface area contributed by atoms with Gasteiger partial charge in [0.15, 0.2) is 5.82 Å². The first kappa shape index (κ1) is 15.4. The van der Waals surface area contributed by atoms with Crippen LogP contribution in [0.4, 0.5) is 20.2 Å². The molecule has 6 nitrogen and oxygen atoms in total. The minimum atomic E-state index is -0.974. The molecule has 0 saturated carbocycles. The number of ether oxygens (including phenoxy) is 1. The SMILES string of the molecule is COc1ccc(F)cc1C(=O)Nc1ccc([N+](=O)[O-])cc1F. The summed E-state index contributed by atoms with van der Waals surface area (Å²) >= 11 is 0. The van der Waals surface area contributed by atoms with Crippen LogP contribution in [0.5, 0.6) is 5.75 Å². The van der Waals surface area contributed by atoms with E-state index < -0.39 is 28.2 Å². The first-order valence-electron chi connectivity index (χ1n) is 6.01. The van der Waals surface area contributed by atoms with Crippen molar-refractivity contribution in [1.29, 1.82) is 0 Å². The molecular weight excluding hydrogens is 298 g/mol. The fourth-order valence-electron chi connectivity index (χ4n) is 1.77. The summed E-state index contributed by atoms with van der Waals surface area (Å²) in [6, 6.07) is 6.09. The number of rotatable bonds is 4. The van der Waals surface area contributed by atoms with Crippen LogP contribution in [-0.2, 0) is 0 Å². The maximum atomic E-state index is 13.7. The minimum Gasteiger partial charge on any atom is -0.496 e. The lowest BCUT2D eigenvalue weighted by Crippen LogP contribution is -2.14. The third-order valence-corrected chi connectivity index (χ3v) is 2.82. The Kier molecular flexibility index (Phi) is 4.31. The molecule has 0 fully saturated rings. The Bertz CT molecular complexity index is 750. The molecule has 0 heterocycles. The number of hydrogen-bond acceptors (Lipinski definition) is 4. The second-order valence-electron chi connectivity index (χ2n) is 4.22. The van der Waals surface area contributed by atoms with Crippen molar-refractivity contribution in [2.24, 2.45) is 0 Å². The van der Waals surface area contributed by atoms with Gasteiger partial charge in [0.25, 0.3) is 11.6 Å². The first-order valence-corrected chi connectivity index (χ1v) is 6.01. The summed E-state index contributed by atoms with van der Waals surface area (Å²) in [6.07, 6.45) is 0. The molecule has 1 amide bonds. The van der Waals surface area contributed by atoms with E-state index in [-0.39, 0.29) is 17.0 Å². The van der Waals surface area contributed by atoms with Gasteiger partial charge in [0.2, 0.25) is 0 Å². The third-order valence-electron chi connectivity index (χ3n) is 2.82. The number of benzene rings is 2. The van der Waals surface area contributed by atoms with Gasteiger partial charge >= 0.3 is 0 Å². The second-order valence-corrected chi connectivity index (χ2v) is 4.22. The summed E-state index contributed by atoms with van der Waals surface area (Å²) in [6.45, 7) is 0. The molecule has 2 rings (SSSR count). The molecule has 0 saturated heterocycles. The lowest BCUT2D eigenvalue weighted by atomic mass is 10.1. The zero-order valence-corrected chi connectivity index (χ0v) is 11.3. The maximum absolute atomic E-state index is 13.7. The van der Waals surface area contributed by atoms with Crippen LogP contribution in [0.25, 0.3) is 0 Å². The number of nitro benzene ring substituents is 1. The average Bonchev–Trinajstić information content (AvgIpc) is 2.48. The van der Waals surface area contributed by atoms with Crippen LogP contribution in [-0.4, -0.2) is 17.9 Å². The summed E-state index contributed by atoms with van der Waals surface area (Å²) in [5.74, 6) is -2.32. The van der Waals surface area contributed by atoms with E-state index in [2.05, 4.69) is 5.32 Å². The normalized spacial score (nSPS) is 10.1. The topological polar surface area (TPSA) is 81.5 Å². The Balaban J connectivity index is 2.29. The number of anilines is 1. The highest BCUT2D eigenvalue weighted by Gasteiger charge is 2.17. The van der Waals surface area contributed by atoms with Crippen molar-refractivity contribution in [1.82, 2.24) is 0 Å². The predicted octanol–water partition coefficient (Wildman–Crippen LogP) is 3.13. The van der Waals surface area contributed by atoms with Crippen LogP contribution < -0.4 is 10.1 Å². The molecule has 0 atom stereocenters. The van der Waals surface area contributed by atoms with Gasteiger partial charge in [-0.05, 0) is 24.3 Å². The van der Waals surface area contributed by atoms with E-state index in [0.717, 1.165) is 24.3 Å². The molecule has 0 aliphatic rings. The van der Waals surface area contributed by atoms with E-state index in [9.17, 15) is 23.7 Å². The fourth-order valence-corrected chi connectivity index (χ4v) is 1.77. The van der Waals surface area contributed by atoms with E-state index in [4.69, 9.17) is 4.74 Å². The van der Waals surface area contributed by atoms with Crippen LogP contribution >= 0.6 is 0 Å². The number of carbonyl (C=O) groups excluding carboxylic acids is 1. The number of halogens is 2. The first-order chi connectivity index (χ1) is 10.4. The van der Waals surface area contributed by atoms with Crippen molar-refractivity contribution < 1.29 is 23.2 Å². The van der Waals surface area contributed by atoms with Gasteiger partial charge in [0, 0.05) is 6.07 Å². The van der Waals surface area contributed by atoms with Crippen molar-refractivity contribution in [3.63, 3.8) is 0 Å². The zero-order chi connectivity index (χ0) is 16.3. The number of hydrogen-bond donors (Lipinski definition) is 1. The van der Waals surface area contributed by atoms with Crippen LogP contribution in [0.2, 0.25) is 0 Å². The van der Waals surface area contributed by atoms with Gasteiger partial charge in [0.05, 0.1) is 29.4 Å². The summed E-state index contributed by atoms with van der Waals surface area (Å²) in [7, 11) is 1.30. The summed E-state index contributed by atoms with van der Waals surface area (Å²) in [5.41, 5.74) is -0.832. The fraction of sp³-hybridized carbons (Fsp3) is 0.0714. The molecule has 0 unspecified atom stereocenters. The van der Waals surface area contributed by atoms with E-state index >= 15 is 0 Å². The van der Waals surface area contributed by atoms with Crippen LogP contribution in [0.1, 0.15) is 10.4 Å². The molecule has 22 heavy (non-hydrogen) atoms. The number of nitrogens with one attached hydrogen (secondary N) is 1. The van der Waals surface area contributed by atoms with Crippen molar-refractivity contribution in [3.8, 4) is 5.75 Å². The molecule has 0 aromatic heterocycles. The van der Waals surface area contributed by atoms with Crippen LogP contribution in [0.15, 0.2) is 36.4 Å². The molecule has 0 spiro atoms. The average molecular weight is 308 g/mol. The lowest BCUT2D eigenvalue weighted by molar-refractivity contribution is -0.385. The van der Waals surface area contributed by atoms with Gasteiger partial charge in [-0.3, -0.25) is 14.9 Å². The Hall–Kier alpha value is -3.03. The summed E-state index contributed by atoms with van der Waals surface area (Å²) in [5, 5.41) is 12.7. The molecule has 0 aliphatic carbocycles. The Labute approximate surface area is 123 Å². The zero-order valence-electron chi connectivity index (χ0n) is 11.3. The van der Waals surface area contributed by atoms with Crippen molar-refractivity contribution in [2.45, 2.75) is 0 Å². The van der Waals surface area contributed by atoms with Crippen LogP contribution in [0, 0.1) is 21.7 Å². The highest BCUT2D eigenvalue weighted by molar-refractivity contribution is 6.06. The highest BCUT2D eigenvalue weighted by atomic mass is 19.1. The van der Waals surface area contributed by atoms with Crippen LogP contribution in [0.3, 0.4) is 0 Å². The maximum Gasteiger partial charge on any atom is 0.272 e. The lowest BCUT2D eigenvalue weighted by Gasteiger charge is -2.10. The standard InChI is InChI=1S/C14H10F2N2O4/c1-22-13-5-2-8(15)6-10(13)14(19)17-12-4-3-9(18(20)21)7-11(12)16/h2-7H,1H3,(H,17,19). The molecule has 2 aromatic carbocycles. The number of amides is 1. The Morgan fingerprint density at radius 1 is 1.23 bits per heavy atom. The third kappa shape index (κ3) is 3.17. The Morgan fingerprint density at radius 3 is 2.55 bits per heavy atom. The van der Waals surface area contributed by atoms with E-state index in [0.29, 0.717) is 6.07 Å². The number of methoxy groups -OCH3 is 1. The minimum absolute atomic E-state index is 0.112. The van der Waals surface area contributed by atoms with Gasteiger partial charge in [0.1, 0.15) is 11.6 Å². The number of nitrogens with zero attached hydrogens (tertiary/aromatic N) is 1. The quantitative estimate of drug-likeness (QED) is 0.695.